The Kier molecular flexibility index (Phi) is 9.37. The molecule has 30 heavy (non-hydrogen) atoms. The van der Waals surface area contributed by atoms with Gasteiger partial charge in [0, 0.05) is 17.6 Å². The molecular formula is C24H31BrN2O3. The van der Waals surface area contributed by atoms with Crippen molar-refractivity contribution in [3.8, 4) is 5.75 Å². The van der Waals surface area contributed by atoms with E-state index in [1.165, 1.54) is 0 Å². The lowest BCUT2D eigenvalue weighted by Gasteiger charge is -2.29. The summed E-state index contributed by atoms with van der Waals surface area (Å²) in [7, 11) is 0. The van der Waals surface area contributed by atoms with Gasteiger partial charge in [0.15, 0.2) is 6.61 Å². The Morgan fingerprint density at radius 3 is 2.53 bits per heavy atom. The second kappa shape index (κ2) is 11.7. The lowest BCUT2D eigenvalue weighted by molar-refractivity contribution is -0.142. The topological polar surface area (TPSA) is 58.6 Å². The van der Waals surface area contributed by atoms with Gasteiger partial charge in [-0.05, 0) is 62.1 Å². The molecule has 1 N–H and O–H groups in total. The highest BCUT2D eigenvalue weighted by Gasteiger charge is 2.26. The molecule has 0 heterocycles. The minimum Gasteiger partial charge on any atom is -0.484 e. The van der Waals surface area contributed by atoms with Crippen LogP contribution in [-0.2, 0) is 16.1 Å². The standard InChI is InChI=1S/C24H31BrN2O3/c1-5-6-13-26-24(29)19(4)27(15-20-10-8-7-9-17(20)2)23(28)16-30-21-11-12-22(25)18(3)14-21/h7-12,14,19H,5-6,13,15-16H2,1-4H3,(H,26,29). The zero-order valence-corrected chi connectivity index (χ0v) is 19.8. The first-order chi connectivity index (χ1) is 14.3. The second-order valence-corrected chi connectivity index (χ2v) is 8.32. The summed E-state index contributed by atoms with van der Waals surface area (Å²) in [6.45, 7) is 8.65. The molecule has 0 saturated carbocycles. The van der Waals surface area contributed by atoms with Crippen molar-refractivity contribution in [3.63, 3.8) is 0 Å². The van der Waals surface area contributed by atoms with Crippen molar-refractivity contribution in [1.29, 1.82) is 0 Å². The third kappa shape index (κ3) is 6.87. The minimum atomic E-state index is -0.593. The molecule has 5 nitrogen and oxygen atoms in total. The first kappa shape index (κ1) is 23.9. The van der Waals surface area contributed by atoms with Gasteiger partial charge in [-0.2, -0.15) is 0 Å². The van der Waals surface area contributed by atoms with E-state index < -0.39 is 6.04 Å². The number of aryl methyl sites for hydroxylation is 2. The Hall–Kier alpha value is -2.34. The summed E-state index contributed by atoms with van der Waals surface area (Å²) >= 11 is 3.46. The molecule has 6 heteroatoms. The molecule has 1 atom stereocenters. The summed E-state index contributed by atoms with van der Waals surface area (Å²) in [6.07, 6.45) is 1.91. The van der Waals surface area contributed by atoms with Gasteiger partial charge >= 0.3 is 0 Å². The number of nitrogens with one attached hydrogen (secondary N) is 1. The van der Waals surface area contributed by atoms with Crippen molar-refractivity contribution >= 4 is 27.7 Å². The zero-order chi connectivity index (χ0) is 22.1. The van der Waals surface area contributed by atoms with E-state index in [0.717, 1.165) is 34.0 Å². The van der Waals surface area contributed by atoms with Crippen LogP contribution in [0.2, 0.25) is 0 Å². The molecule has 0 aliphatic rings. The number of hydrogen-bond acceptors (Lipinski definition) is 3. The summed E-state index contributed by atoms with van der Waals surface area (Å²) in [6, 6.07) is 12.9. The number of halogens is 1. The van der Waals surface area contributed by atoms with Crippen molar-refractivity contribution in [2.24, 2.45) is 0 Å². The molecule has 2 aromatic rings. The average molecular weight is 475 g/mol. The van der Waals surface area contributed by atoms with Crippen molar-refractivity contribution in [2.45, 2.75) is 53.1 Å². The molecular weight excluding hydrogens is 444 g/mol. The number of rotatable bonds is 10. The van der Waals surface area contributed by atoms with Crippen LogP contribution in [0.3, 0.4) is 0 Å². The van der Waals surface area contributed by atoms with Gasteiger partial charge in [-0.1, -0.05) is 53.5 Å². The molecule has 2 aromatic carbocycles. The van der Waals surface area contributed by atoms with Crippen LogP contribution in [0.25, 0.3) is 0 Å². The van der Waals surface area contributed by atoms with Crippen LogP contribution in [0.5, 0.6) is 5.75 Å². The Morgan fingerprint density at radius 1 is 1.13 bits per heavy atom. The number of hydrogen-bond donors (Lipinski definition) is 1. The third-order valence-electron chi connectivity index (χ3n) is 5.09. The molecule has 0 bridgehead atoms. The van der Waals surface area contributed by atoms with Crippen LogP contribution in [0.1, 0.15) is 43.4 Å². The van der Waals surface area contributed by atoms with Crippen LogP contribution >= 0.6 is 15.9 Å². The molecule has 0 fully saturated rings. The maximum atomic E-state index is 13.1. The highest BCUT2D eigenvalue weighted by Crippen LogP contribution is 2.22. The van der Waals surface area contributed by atoms with Crippen LogP contribution in [0, 0.1) is 13.8 Å². The smallest absolute Gasteiger partial charge is 0.261 e. The SMILES string of the molecule is CCCCNC(=O)C(C)N(Cc1ccccc1C)C(=O)COc1ccc(Br)c(C)c1. The number of benzene rings is 2. The summed E-state index contributed by atoms with van der Waals surface area (Å²) < 4.78 is 6.72. The maximum Gasteiger partial charge on any atom is 0.261 e. The Balaban J connectivity index is 2.14. The molecule has 2 rings (SSSR count). The fraction of sp³-hybridized carbons (Fsp3) is 0.417. The number of ether oxygens (including phenoxy) is 1. The number of carbonyl (C=O) groups excluding carboxylic acids is 2. The average Bonchev–Trinajstić information content (AvgIpc) is 2.73. The molecule has 0 aliphatic heterocycles. The normalized spacial score (nSPS) is 11.6. The monoisotopic (exact) mass is 474 g/mol. The van der Waals surface area contributed by atoms with Crippen molar-refractivity contribution in [3.05, 3.63) is 63.6 Å². The van der Waals surface area contributed by atoms with Crippen molar-refractivity contribution < 1.29 is 14.3 Å². The van der Waals surface area contributed by atoms with Gasteiger partial charge in [-0.3, -0.25) is 9.59 Å². The Labute approximate surface area is 187 Å². The van der Waals surface area contributed by atoms with E-state index in [1.807, 2.05) is 56.3 Å². The van der Waals surface area contributed by atoms with E-state index in [2.05, 4.69) is 28.2 Å². The van der Waals surface area contributed by atoms with Crippen LogP contribution in [0.4, 0.5) is 0 Å². The molecule has 0 aromatic heterocycles. The minimum absolute atomic E-state index is 0.125. The summed E-state index contributed by atoms with van der Waals surface area (Å²) in [4.78, 5) is 27.3. The number of nitrogens with zero attached hydrogens (tertiary/aromatic N) is 1. The van der Waals surface area contributed by atoms with Crippen molar-refractivity contribution in [2.75, 3.05) is 13.2 Å². The summed E-state index contributed by atoms with van der Waals surface area (Å²) in [5.74, 6) is 0.252. The number of carbonyl (C=O) groups is 2. The Morgan fingerprint density at radius 2 is 1.87 bits per heavy atom. The first-order valence-corrected chi connectivity index (χ1v) is 11.1. The molecule has 1 unspecified atom stereocenters. The third-order valence-corrected chi connectivity index (χ3v) is 5.98. The van der Waals surface area contributed by atoms with Gasteiger partial charge in [-0.15, -0.1) is 0 Å². The van der Waals surface area contributed by atoms with E-state index in [1.54, 1.807) is 11.8 Å². The number of unbranched alkanes of at least 4 members (excludes halogenated alkanes) is 1. The molecule has 0 saturated heterocycles. The highest BCUT2D eigenvalue weighted by atomic mass is 79.9. The quantitative estimate of drug-likeness (QED) is 0.504. The largest absolute Gasteiger partial charge is 0.484 e. The van der Waals surface area contributed by atoms with E-state index in [0.29, 0.717) is 18.8 Å². The molecule has 0 aliphatic carbocycles. The fourth-order valence-corrected chi connectivity index (χ4v) is 3.27. The summed E-state index contributed by atoms with van der Waals surface area (Å²) in [5, 5.41) is 2.93. The number of amides is 2. The van der Waals surface area contributed by atoms with Crippen molar-refractivity contribution in [1.82, 2.24) is 10.2 Å². The van der Waals surface area contributed by atoms with E-state index in [-0.39, 0.29) is 18.4 Å². The van der Waals surface area contributed by atoms with Crippen LogP contribution in [0.15, 0.2) is 46.9 Å². The molecule has 2 amide bonds. The van der Waals surface area contributed by atoms with Gasteiger partial charge < -0.3 is 15.0 Å². The predicted octanol–water partition coefficient (Wildman–Crippen LogP) is 4.78. The van der Waals surface area contributed by atoms with Gasteiger partial charge in [0.2, 0.25) is 5.91 Å². The van der Waals surface area contributed by atoms with E-state index in [4.69, 9.17) is 4.74 Å². The summed E-state index contributed by atoms with van der Waals surface area (Å²) in [5.41, 5.74) is 3.12. The van der Waals surface area contributed by atoms with Gasteiger partial charge in [0.1, 0.15) is 11.8 Å². The molecule has 0 spiro atoms. The van der Waals surface area contributed by atoms with Crippen LogP contribution < -0.4 is 10.1 Å². The van der Waals surface area contributed by atoms with Gasteiger partial charge in [0.25, 0.3) is 5.91 Å². The fourth-order valence-electron chi connectivity index (χ4n) is 3.02. The lowest BCUT2D eigenvalue weighted by Crippen LogP contribution is -2.49. The van der Waals surface area contributed by atoms with Gasteiger partial charge in [0.05, 0.1) is 0 Å². The van der Waals surface area contributed by atoms with E-state index >= 15 is 0 Å². The lowest BCUT2D eigenvalue weighted by atomic mass is 10.1. The van der Waals surface area contributed by atoms with Crippen LogP contribution in [-0.4, -0.2) is 35.9 Å². The zero-order valence-electron chi connectivity index (χ0n) is 18.2. The molecule has 0 radical (unpaired) electrons. The highest BCUT2D eigenvalue weighted by molar-refractivity contribution is 9.10. The first-order valence-electron chi connectivity index (χ1n) is 10.3. The Bertz CT molecular complexity index is 869. The van der Waals surface area contributed by atoms with Gasteiger partial charge in [-0.25, -0.2) is 0 Å². The maximum absolute atomic E-state index is 13.1. The predicted molar refractivity (Wildman–Crippen MR) is 123 cm³/mol. The van der Waals surface area contributed by atoms with E-state index in [9.17, 15) is 9.59 Å². The second-order valence-electron chi connectivity index (χ2n) is 7.47. The molecule has 162 valence electrons.